The summed E-state index contributed by atoms with van der Waals surface area (Å²) in [6.45, 7) is -0.0365. The van der Waals surface area contributed by atoms with E-state index < -0.39 is 22.0 Å². The van der Waals surface area contributed by atoms with E-state index in [1.54, 1.807) is 0 Å². The molecule has 0 aromatic rings. The van der Waals surface area contributed by atoms with Crippen LogP contribution in [0.3, 0.4) is 0 Å². The first-order valence-electron chi connectivity index (χ1n) is 4.75. The van der Waals surface area contributed by atoms with Gasteiger partial charge in [0.15, 0.2) is 0 Å². The Morgan fingerprint density at radius 2 is 1.82 bits per heavy atom. The minimum Gasteiger partial charge on any atom is -0.466 e. The van der Waals surface area contributed by atoms with Gasteiger partial charge in [0.05, 0.1) is 19.5 Å². The van der Waals surface area contributed by atoms with Crippen LogP contribution in [0.4, 0.5) is 0 Å². The topological polar surface area (TPSA) is 98.8 Å². The molecule has 0 spiro atoms. The number of sulfonamides is 1. The zero-order valence-corrected chi connectivity index (χ0v) is 10.5. The van der Waals surface area contributed by atoms with E-state index in [-0.39, 0.29) is 18.8 Å². The molecule has 8 heteroatoms. The summed E-state index contributed by atoms with van der Waals surface area (Å²) >= 11 is 0. The van der Waals surface area contributed by atoms with Crippen molar-refractivity contribution < 1.29 is 27.5 Å². The van der Waals surface area contributed by atoms with Crippen LogP contribution < -0.4 is 4.72 Å². The fraction of sp³-hybridized carbons (Fsp3) is 0.556. The Labute approximate surface area is 99.8 Å². The highest BCUT2D eigenvalue weighted by molar-refractivity contribution is 7.89. The van der Waals surface area contributed by atoms with Gasteiger partial charge in [0.25, 0.3) is 0 Å². The molecule has 0 aromatic heterocycles. The van der Waals surface area contributed by atoms with Gasteiger partial charge in [0, 0.05) is 12.2 Å². The SMILES string of the molecule is CNS(=O)(=O)CCCOC(=O)/C=C/C(=O)OC. The minimum atomic E-state index is -3.28. The second-order valence-corrected chi connectivity index (χ2v) is 4.95. The number of nitrogens with one attached hydrogen (secondary N) is 1. The van der Waals surface area contributed by atoms with E-state index in [0.29, 0.717) is 0 Å². The van der Waals surface area contributed by atoms with Crippen LogP contribution >= 0.6 is 0 Å². The van der Waals surface area contributed by atoms with E-state index in [4.69, 9.17) is 0 Å². The lowest BCUT2D eigenvalue weighted by atomic mass is 10.5. The summed E-state index contributed by atoms with van der Waals surface area (Å²) in [5, 5.41) is 0. The van der Waals surface area contributed by atoms with Crippen molar-refractivity contribution in [3.05, 3.63) is 12.2 Å². The largest absolute Gasteiger partial charge is 0.466 e. The molecule has 98 valence electrons. The zero-order chi connectivity index (χ0) is 13.3. The van der Waals surface area contributed by atoms with Crippen molar-refractivity contribution in [2.24, 2.45) is 0 Å². The molecule has 0 saturated heterocycles. The molecular formula is C9H15NO6S. The number of hydrogen-bond donors (Lipinski definition) is 1. The first-order chi connectivity index (χ1) is 7.91. The first kappa shape index (κ1) is 15.6. The molecule has 0 fully saturated rings. The van der Waals surface area contributed by atoms with Crippen LogP contribution in [0.2, 0.25) is 0 Å². The van der Waals surface area contributed by atoms with Crippen LogP contribution in [0, 0.1) is 0 Å². The Morgan fingerprint density at radius 3 is 2.35 bits per heavy atom. The molecule has 1 N–H and O–H groups in total. The Bertz CT molecular complexity index is 386. The van der Waals surface area contributed by atoms with Gasteiger partial charge < -0.3 is 9.47 Å². The molecule has 0 saturated carbocycles. The number of methoxy groups -OCH3 is 1. The van der Waals surface area contributed by atoms with Crippen LogP contribution in [-0.2, 0) is 29.1 Å². The van der Waals surface area contributed by atoms with E-state index in [1.807, 2.05) is 0 Å². The molecule has 0 rings (SSSR count). The van der Waals surface area contributed by atoms with Crippen molar-refractivity contribution in [1.82, 2.24) is 4.72 Å². The van der Waals surface area contributed by atoms with Crippen LogP contribution in [0.1, 0.15) is 6.42 Å². The van der Waals surface area contributed by atoms with E-state index in [0.717, 1.165) is 12.2 Å². The highest BCUT2D eigenvalue weighted by Crippen LogP contribution is 1.91. The van der Waals surface area contributed by atoms with Gasteiger partial charge in [0.2, 0.25) is 10.0 Å². The third-order valence-electron chi connectivity index (χ3n) is 1.67. The van der Waals surface area contributed by atoms with Crippen molar-refractivity contribution in [2.75, 3.05) is 26.5 Å². The second kappa shape index (κ2) is 7.80. The predicted molar refractivity (Wildman–Crippen MR) is 59.6 cm³/mol. The number of carbonyl (C=O) groups is 2. The van der Waals surface area contributed by atoms with Gasteiger partial charge in [-0.05, 0) is 13.5 Å². The lowest BCUT2D eigenvalue weighted by Gasteiger charge is -2.02. The van der Waals surface area contributed by atoms with Crippen LogP contribution in [0.25, 0.3) is 0 Å². The smallest absolute Gasteiger partial charge is 0.331 e. The van der Waals surface area contributed by atoms with Crippen molar-refractivity contribution in [3.63, 3.8) is 0 Å². The molecule has 0 aromatic carbocycles. The summed E-state index contributed by atoms with van der Waals surface area (Å²) in [7, 11) is -0.793. The van der Waals surface area contributed by atoms with Gasteiger partial charge in [-0.2, -0.15) is 0 Å². The van der Waals surface area contributed by atoms with Gasteiger partial charge in [-0.1, -0.05) is 0 Å². The predicted octanol–water partition coefficient (Wildman–Crippen LogP) is -0.802. The average Bonchev–Trinajstić information content (AvgIpc) is 2.31. The number of ether oxygens (including phenoxy) is 2. The Morgan fingerprint density at radius 1 is 1.24 bits per heavy atom. The lowest BCUT2D eigenvalue weighted by Crippen LogP contribution is -2.23. The Balaban J connectivity index is 3.80. The van der Waals surface area contributed by atoms with E-state index in [1.165, 1.54) is 14.2 Å². The maximum atomic E-state index is 11.0. The number of hydrogen-bond acceptors (Lipinski definition) is 6. The molecule has 0 bridgehead atoms. The van der Waals surface area contributed by atoms with Crippen LogP contribution in [-0.4, -0.2) is 46.9 Å². The molecule has 0 aliphatic heterocycles. The first-order valence-corrected chi connectivity index (χ1v) is 6.40. The van der Waals surface area contributed by atoms with E-state index in [2.05, 4.69) is 14.2 Å². The normalized spacial score (nSPS) is 11.4. The minimum absolute atomic E-state index is 0.0365. The molecule has 0 aliphatic carbocycles. The van der Waals surface area contributed by atoms with Crippen molar-refractivity contribution in [2.45, 2.75) is 6.42 Å². The summed E-state index contributed by atoms with van der Waals surface area (Å²) < 4.78 is 33.0. The quantitative estimate of drug-likeness (QED) is 0.367. The summed E-state index contributed by atoms with van der Waals surface area (Å²) in [5.74, 6) is -1.52. The van der Waals surface area contributed by atoms with Crippen molar-refractivity contribution in [3.8, 4) is 0 Å². The highest BCUT2D eigenvalue weighted by Gasteiger charge is 2.06. The van der Waals surface area contributed by atoms with Crippen molar-refractivity contribution in [1.29, 1.82) is 0 Å². The lowest BCUT2D eigenvalue weighted by molar-refractivity contribution is -0.139. The van der Waals surface area contributed by atoms with Gasteiger partial charge in [0.1, 0.15) is 0 Å². The van der Waals surface area contributed by atoms with Crippen LogP contribution in [0.15, 0.2) is 12.2 Å². The molecule has 0 atom stereocenters. The number of carbonyl (C=O) groups excluding carboxylic acids is 2. The third kappa shape index (κ3) is 8.40. The standard InChI is InChI=1S/C9H15NO6S/c1-10-17(13,14)7-3-6-16-9(12)5-4-8(11)15-2/h4-5,10H,3,6-7H2,1-2H3/b5-4+. The third-order valence-corrected chi connectivity index (χ3v) is 3.12. The molecule has 0 radical (unpaired) electrons. The Hall–Kier alpha value is -1.41. The molecule has 0 unspecified atom stereocenters. The molecular weight excluding hydrogens is 250 g/mol. The fourth-order valence-corrected chi connectivity index (χ4v) is 1.48. The highest BCUT2D eigenvalue weighted by atomic mass is 32.2. The fourth-order valence-electron chi connectivity index (χ4n) is 0.776. The Kier molecular flexibility index (Phi) is 7.15. The summed E-state index contributed by atoms with van der Waals surface area (Å²) in [4.78, 5) is 21.6. The van der Waals surface area contributed by atoms with E-state index in [9.17, 15) is 18.0 Å². The molecule has 7 nitrogen and oxygen atoms in total. The maximum Gasteiger partial charge on any atom is 0.331 e. The van der Waals surface area contributed by atoms with Crippen molar-refractivity contribution >= 4 is 22.0 Å². The van der Waals surface area contributed by atoms with E-state index >= 15 is 0 Å². The van der Waals surface area contributed by atoms with Gasteiger partial charge >= 0.3 is 11.9 Å². The average molecular weight is 265 g/mol. The maximum absolute atomic E-state index is 11.0. The summed E-state index contributed by atoms with van der Waals surface area (Å²) in [5.41, 5.74) is 0. The molecule has 17 heavy (non-hydrogen) atoms. The second-order valence-electron chi connectivity index (χ2n) is 2.90. The monoisotopic (exact) mass is 265 g/mol. The zero-order valence-electron chi connectivity index (χ0n) is 9.63. The molecule has 0 heterocycles. The number of esters is 2. The van der Waals surface area contributed by atoms with Crippen LogP contribution in [0.5, 0.6) is 0 Å². The molecule has 0 aliphatic rings. The van der Waals surface area contributed by atoms with Gasteiger partial charge in [-0.25, -0.2) is 22.7 Å². The molecule has 0 amide bonds. The van der Waals surface area contributed by atoms with Gasteiger partial charge in [-0.15, -0.1) is 0 Å². The number of rotatable bonds is 7. The summed E-state index contributed by atoms with van der Waals surface area (Å²) in [6, 6.07) is 0. The summed E-state index contributed by atoms with van der Waals surface area (Å²) in [6.07, 6.45) is 2.02. The van der Waals surface area contributed by atoms with Gasteiger partial charge in [-0.3, -0.25) is 0 Å².